The van der Waals surface area contributed by atoms with Crippen LogP contribution >= 0.6 is 11.6 Å². The molecule has 13 heavy (non-hydrogen) atoms. The van der Waals surface area contributed by atoms with E-state index < -0.39 is 0 Å². The molecule has 0 heterocycles. The molecule has 0 aliphatic heterocycles. The zero-order chi connectivity index (χ0) is 9.47. The number of hydrogen-bond acceptors (Lipinski definition) is 1. The van der Waals surface area contributed by atoms with Gasteiger partial charge >= 0.3 is 0 Å². The molecule has 1 aromatic carbocycles. The summed E-state index contributed by atoms with van der Waals surface area (Å²) in [6.45, 7) is 0.480. The molecule has 1 aliphatic rings. The Kier molecular flexibility index (Phi) is 2.05. The topological polar surface area (TPSA) is 26.0 Å². The molecule has 0 spiro atoms. The van der Waals surface area contributed by atoms with Crippen LogP contribution in [0.15, 0.2) is 18.2 Å². The van der Waals surface area contributed by atoms with Gasteiger partial charge in [-0.1, -0.05) is 17.7 Å². The fraction of sp³-hybridized carbons (Fsp3) is 0.400. The number of benzene rings is 1. The molecule has 1 aromatic rings. The van der Waals surface area contributed by atoms with Gasteiger partial charge in [0.15, 0.2) is 0 Å². The number of halogens is 2. The van der Waals surface area contributed by atoms with Crippen molar-refractivity contribution >= 4 is 11.6 Å². The van der Waals surface area contributed by atoms with Crippen molar-refractivity contribution in [2.45, 2.75) is 18.3 Å². The number of hydrogen-bond donors (Lipinski definition) is 1. The maximum Gasteiger partial charge on any atom is 0.128 e. The molecule has 0 atom stereocenters. The molecule has 0 saturated heterocycles. The zero-order valence-corrected chi connectivity index (χ0v) is 7.94. The lowest BCUT2D eigenvalue weighted by molar-refractivity contribution is 0.573. The Labute approximate surface area is 81.7 Å². The van der Waals surface area contributed by atoms with E-state index >= 15 is 0 Å². The number of rotatable bonds is 2. The lowest BCUT2D eigenvalue weighted by Crippen LogP contribution is -2.21. The molecule has 0 amide bonds. The summed E-state index contributed by atoms with van der Waals surface area (Å²) >= 11 is 5.94. The first-order valence-electron chi connectivity index (χ1n) is 4.34. The normalized spacial score (nSPS) is 18.7. The smallest absolute Gasteiger partial charge is 0.128 e. The Morgan fingerprint density at radius 2 is 2.15 bits per heavy atom. The molecule has 0 aromatic heterocycles. The second kappa shape index (κ2) is 2.96. The number of nitrogens with two attached hydrogens (primary N) is 1. The van der Waals surface area contributed by atoms with E-state index in [1.165, 1.54) is 6.07 Å². The Morgan fingerprint density at radius 1 is 1.46 bits per heavy atom. The molecule has 1 saturated carbocycles. The first-order valence-corrected chi connectivity index (χ1v) is 4.72. The summed E-state index contributed by atoms with van der Waals surface area (Å²) in [7, 11) is 0. The summed E-state index contributed by atoms with van der Waals surface area (Å²) < 4.78 is 13.4. The SMILES string of the molecule is NCC1(c2c(F)cccc2Cl)CC1. The zero-order valence-electron chi connectivity index (χ0n) is 7.19. The minimum absolute atomic E-state index is 0.164. The van der Waals surface area contributed by atoms with E-state index in [2.05, 4.69) is 0 Å². The third-order valence-electron chi connectivity index (χ3n) is 2.74. The van der Waals surface area contributed by atoms with Gasteiger partial charge in [0.25, 0.3) is 0 Å². The second-order valence-electron chi connectivity index (χ2n) is 3.58. The van der Waals surface area contributed by atoms with Gasteiger partial charge in [0.05, 0.1) is 0 Å². The van der Waals surface area contributed by atoms with Crippen molar-refractivity contribution in [1.29, 1.82) is 0 Å². The third-order valence-corrected chi connectivity index (χ3v) is 3.05. The lowest BCUT2D eigenvalue weighted by Gasteiger charge is -2.15. The summed E-state index contributed by atoms with van der Waals surface area (Å²) in [5, 5.41) is 0.503. The Morgan fingerprint density at radius 3 is 2.62 bits per heavy atom. The van der Waals surface area contributed by atoms with E-state index in [1.54, 1.807) is 12.1 Å². The molecule has 0 radical (unpaired) electrons. The van der Waals surface area contributed by atoms with E-state index in [0.717, 1.165) is 12.8 Å². The predicted octanol–water partition coefficient (Wildman–Crippen LogP) is 2.47. The molecular weight excluding hydrogens is 189 g/mol. The molecule has 2 rings (SSSR count). The van der Waals surface area contributed by atoms with E-state index in [-0.39, 0.29) is 11.2 Å². The molecule has 0 unspecified atom stereocenters. The molecule has 1 fully saturated rings. The molecule has 0 bridgehead atoms. The first kappa shape index (κ1) is 8.97. The van der Waals surface area contributed by atoms with Crippen molar-refractivity contribution in [3.63, 3.8) is 0 Å². The molecule has 3 heteroatoms. The van der Waals surface area contributed by atoms with Crippen molar-refractivity contribution < 1.29 is 4.39 Å². The highest BCUT2D eigenvalue weighted by molar-refractivity contribution is 6.31. The van der Waals surface area contributed by atoms with Crippen molar-refractivity contribution in [1.82, 2.24) is 0 Å². The summed E-state index contributed by atoms with van der Waals surface area (Å²) in [4.78, 5) is 0. The van der Waals surface area contributed by atoms with Gasteiger partial charge < -0.3 is 5.73 Å². The van der Waals surface area contributed by atoms with E-state index in [1.807, 2.05) is 0 Å². The Balaban J connectivity index is 2.50. The minimum Gasteiger partial charge on any atom is -0.330 e. The van der Waals surface area contributed by atoms with Crippen molar-refractivity contribution in [2.75, 3.05) is 6.54 Å². The minimum atomic E-state index is -0.226. The molecule has 1 nitrogen and oxygen atoms in total. The average Bonchev–Trinajstić information content (AvgIpc) is 2.85. The summed E-state index contributed by atoms with van der Waals surface area (Å²) in [5.41, 5.74) is 6.06. The quantitative estimate of drug-likeness (QED) is 0.778. The van der Waals surface area contributed by atoms with Crippen molar-refractivity contribution in [2.24, 2.45) is 5.73 Å². The van der Waals surface area contributed by atoms with Crippen LogP contribution in [0.5, 0.6) is 0 Å². The van der Waals surface area contributed by atoms with Crippen LogP contribution in [0, 0.1) is 5.82 Å². The third kappa shape index (κ3) is 1.34. The van der Waals surface area contributed by atoms with E-state index in [9.17, 15) is 4.39 Å². The predicted molar refractivity (Wildman–Crippen MR) is 51.4 cm³/mol. The highest BCUT2D eigenvalue weighted by Gasteiger charge is 2.45. The molecule has 1 aliphatic carbocycles. The second-order valence-corrected chi connectivity index (χ2v) is 3.99. The highest BCUT2D eigenvalue weighted by Crippen LogP contribution is 2.50. The molecular formula is C10H11ClFN. The van der Waals surface area contributed by atoms with Crippen molar-refractivity contribution in [3.05, 3.63) is 34.6 Å². The van der Waals surface area contributed by atoms with Crippen LogP contribution in [0.1, 0.15) is 18.4 Å². The summed E-state index contributed by atoms with van der Waals surface area (Å²) in [5.74, 6) is -0.226. The van der Waals surface area contributed by atoms with Crippen LogP contribution < -0.4 is 5.73 Å². The van der Waals surface area contributed by atoms with Crippen LogP contribution in [0.4, 0.5) is 4.39 Å². The van der Waals surface area contributed by atoms with Gasteiger partial charge in [-0.3, -0.25) is 0 Å². The van der Waals surface area contributed by atoms with Crippen LogP contribution in [0.2, 0.25) is 5.02 Å². The van der Waals surface area contributed by atoms with Gasteiger partial charge in [-0.05, 0) is 25.0 Å². The molecule has 70 valence electrons. The van der Waals surface area contributed by atoms with E-state index in [4.69, 9.17) is 17.3 Å². The van der Waals surface area contributed by atoms with Gasteiger partial charge in [0.1, 0.15) is 5.82 Å². The van der Waals surface area contributed by atoms with Gasteiger partial charge in [-0.2, -0.15) is 0 Å². The Bertz CT molecular complexity index is 313. The van der Waals surface area contributed by atoms with Crippen LogP contribution in [-0.4, -0.2) is 6.54 Å². The lowest BCUT2D eigenvalue weighted by atomic mass is 9.95. The highest BCUT2D eigenvalue weighted by atomic mass is 35.5. The largest absolute Gasteiger partial charge is 0.330 e. The Hall–Kier alpha value is -0.600. The maximum absolute atomic E-state index is 13.4. The van der Waals surface area contributed by atoms with Gasteiger partial charge in [-0.25, -0.2) is 4.39 Å². The average molecular weight is 200 g/mol. The monoisotopic (exact) mass is 199 g/mol. The fourth-order valence-electron chi connectivity index (χ4n) is 1.71. The fourth-order valence-corrected chi connectivity index (χ4v) is 2.07. The van der Waals surface area contributed by atoms with Gasteiger partial charge in [0, 0.05) is 22.5 Å². The summed E-state index contributed by atoms with van der Waals surface area (Å²) in [6, 6.07) is 4.78. The van der Waals surface area contributed by atoms with Crippen LogP contribution in [0.25, 0.3) is 0 Å². The van der Waals surface area contributed by atoms with Crippen LogP contribution in [-0.2, 0) is 5.41 Å². The standard InChI is InChI=1S/C10H11ClFN/c11-7-2-1-3-8(12)9(7)10(6-13)4-5-10/h1-3H,4-6,13H2. The van der Waals surface area contributed by atoms with Crippen LogP contribution in [0.3, 0.4) is 0 Å². The van der Waals surface area contributed by atoms with Crippen molar-refractivity contribution in [3.8, 4) is 0 Å². The maximum atomic E-state index is 13.4. The van der Waals surface area contributed by atoms with Gasteiger partial charge in [-0.15, -0.1) is 0 Å². The van der Waals surface area contributed by atoms with E-state index in [0.29, 0.717) is 17.1 Å². The molecule has 2 N–H and O–H groups in total. The first-order chi connectivity index (χ1) is 6.19. The van der Waals surface area contributed by atoms with Gasteiger partial charge in [0.2, 0.25) is 0 Å². The summed E-state index contributed by atoms with van der Waals surface area (Å²) in [6.07, 6.45) is 1.90.